The smallest absolute Gasteiger partial charge is 0.263 e. The van der Waals surface area contributed by atoms with Crippen LogP contribution in [0.2, 0.25) is 5.02 Å². The van der Waals surface area contributed by atoms with Crippen LogP contribution in [0, 0.1) is 0 Å². The van der Waals surface area contributed by atoms with E-state index in [1.54, 1.807) is 17.0 Å². The van der Waals surface area contributed by atoms with Crippen LogP contribution in [0.4, 0.5) is 0 Å². The van der Waals surface area contributed by atoms with Crippen molar-refractivity contribution < 1.29 is 4.79 Å². The highest BCUT2D eigenvalue weighted by molar-refractivity contribution is 8.26. The molecule has 0 bridgehead atoms. The van der Waals surface area contributed by atoms with Gasteiger partial charge in [0.25, 0.3) is 5.91 Å². The molecule has 1 aliphatic heterocycles. The van der Waals surface area contributed by atoms with Gasteiger partial charge in [0, 0.05) is 12.7 Å². The van der Waals surface area contributed by atoms with Crippen LogP contribution in [0.3, 0.4) is 0 Å². The van der Waals surface area contributed by atoms with Gasteiger partial charge in [0.15, 0.2) is 0 Å². The predicted molar refractivity (Wildman–Crippen MR) is 69.2 cm³/mol. The quantitative estimate of drug-likeness (QED) is 0.662. The molecular formula is C9H8ClN3OS2. The molecule has 1 aliphatic rings. The number of aryl methyl sites for hydroxylation is 1. The lowest BCUT2D eigenvalue weighted by molar-refractivity contribution is -0.115. The summed E-state index contributed by atoms with van der Waals surface area (Å²) in [5.41, 5.74) is 0.589. The molecule has 1 N–H and O–H groups in total. The first kappa shape index (κ1) is 11.6. The third-order valence-electron chi connectivity index (χ3n) is 1.98. The van der Waals surface area contributed by atoms with Gasteiger partial charge in [0.1, 0.15) is 10.0 Å². The molecule has 0 atom stereocenters. The van der Waals surface area contributed by atoms with Crippen LogP contribution in [-0.2, 0) is 11.3 Å². The van der Waals surface area contributed by atoms with E-state index >= 15 is 0 Å². The molecule has 1 saturated heterocycles. The summed E-state index contributed by atoms with van der Waals surface area (Å²) >= 11 is 12.1. The fourth-order valence-electron chi connectivity index (χ4n) is 1.22. The number of carbonyl (C=O) groups is 1. The van der Waals surface area contributed by atoms with Gasteiger partial charge < -0.3 is 5.32 Å². The molecular weight excluding hydrogens is 266 g/mol. The maximum absolute atomic E-state index is 11.4. The number of nitrogens with one attached hydrogen (secondary N) is 1. The van der Waals surface area contributed by atoms with Gasteiger partial charge in [-0.1, -0.05) is 35.6 Å². The topological polar surface area (TPSA) is 46.9 Å². The fraction of sp³-hybridized carbons (Fsp3) is 0.222. The van der Waals surface area contributed by atoms with E-state index in [2.05, 4.69) is 10.4 Å². The number of amides is 1. The second-order valence-electron chi connectivity index (χ2n) is 3.07. The minimum atomic E-state index is -0.197. The lowest BCUT2D eigenvalue weighted by Gasteiger charge is -1.91. The Bertz CT molecular complexity index is 495. The summed E-state index contributed by atoms with van der Waals surface area (Å²) in [6, 6.07) is 0. The Kier molecular flexibility index (Phi) is 3.32. The van der Waals surface area contributed by atoms with E-state index < -0.39 is 0 Å². The van der Waals surface area contributed by atoms with Crippen molar-refractivity contribution in [2.75, 3.05) is 0 Å². The first-order chi connectivity index (χ1) is 7.60. The van der Waals surface area contributed by atoms with Crippen molar-refractivity contribution in [2.45, 2.75) is 13.5 Å². The molecule has 1 aromatic rings. The van der Waals surface area contributed by atoms with Crippen molar-refractivity contribution in [3.63, 3.8) is 0 Å². The monoisotopic (exact) mass is 273 g/mol. The van der Waals surface area contributed by atoms with Gasteiger partial charge in [-0.2, -0.15) is 5.10 Å². The highest BCUT2D eigenvalue weighted by atomic mass is 35.5. The molecule has 0 spiro atoms. The summed E-state index contributed by atoms with van der Waals surface area (Å²) in [5, 5.41) is 7.29. The Hall–Kier alpha value is -0.850. The normalized spacial score (nSPS) is 18.2. The van der Waals surface area contributed by atoms with E-state index in [0.29, 0.717) is 19.9 Å². The molecule has 1 amide bonds. The molecule has 1 fully saturated rings. The van der Waals surface area contributed by atoms with Gasteiger partial charge in [-0.15, -0.1) is 0 Å². The van der Waals surface area contributed by atoms with Gasteiger partial charge in [-0.25, -0.2) is 0 Å². The van der Waals surface area contributed by atoms with Crippen LogP contribution < -0.4 is 5.32 Å². The molecule has 2 rings (SSSR count). The largest absolute Gasteiger partial charge is 0.307 e. The van der Waals surface area contributed by atoms with Crippen LogP contribution in [0.1, 0.15) is 12.6 Å². The van der Waals surface area contributed by atoms with Crippen molar-refractivity contribution in [1.82, 2.24) is 15.1 Å². The number of aromatic nitrogens is 2. The van der Waals surface area contributed by atoms with Crippen LogP contribution in [0.15, 0.2) is 11.1 Å². The fourth-order valence-corrected chi connectivity index (χ4v) is 2.44. The van der Waals surface area contributed by atoms with Gasteiger partial charge in [-0.05, 0) is 13.0 Å². The minimum absolute atomic E-state index is 0.197. The standard InChI is InChI=1S/C9H8ClN3OS2/c1-2-13-4-5(10)6(12-13)3-7-8(14)11-9(15)16-7/h3-4H,2H2,1H3,(H,11,14,15). The Labute approximate surface area is 107 Å². The van der Waals surface area contributed by atoms with Gasteiger partial charge in [0.05, 0.1) is 9.93 Å². The lowest BCUT2D eigenvalue weighted by Crippen LogP contribution is -2.17. The third kappa shape index (κ3) is 2.28. The Morgan fingerprint density at radius 1 is 1.75 bits per heavy atom. The second kappa shape index (κ2) is 4.57. The number of carbonyl (C=O) groups excluding carboxylic acids is 1. The first-order valence-corrected chi connectivity index (χ1v) is 6.18. The number of rotatable bonds is 2. The molecule has 16 heavy (non-hydrogen) atoms. The Morgan fingerprint density at radius 3 is 3.00 bits per heavy atom. The second-order valence-corrected chi connectivity index (χ2v) is 5.20. The van der Waals surface area contributed by atoms with Crippen molar-refractivity contribution in [1.29, 1.82) is 0 Å². The Balaban J connectivity index is 2.32. The van der Waals surface area contributed by atoms with Crippen molar-refractivity contribution in [2.24, 2.45) is 0 Å². The zero-order valence-electron chi connectivity index (χ0n) is 8.36. The van der Waals surface area contributed by atoms with E-state index in [0.717, 1.165) is 6.54 Å². The number of hydrogen-bond donors (Lipinski definition) is 1. The number of thioether (sulfide) groups is 1. The van der Waals surface area contributed by atoms with E-state index in [9.17, 15) is 4.79 Å². The van der Waals surface area contributed by atoms with E-state index in [1.165, 1.54) is 11.8 Å². The van der Waals surface area contributed by atoms with Gasteiger partial charge >= 0.3 is 0 Å². The van der Waals surface area contributed by atoms with Crippen molar-refractivity contribution >= 4 is 51.9 Å². The molecule has 7 heteroatoms. The number of hydrogen-bond acceptors (Lipinski definition) is 4. The van der Waals surface area contributed by atoms with Gasteiger partial charge in [0.2, 0.25) is 0 Å². The number of thiocarbonyl (C=S) groups is 1. The molecule has 0 aromatic carbocycles. The maximum atomic E-state index is 11.4. The van der Waals surface area contributed by atoms with Crippen molar-refractivity contribution in [3.05, 3.63) is 21.8 Å². The van der Waals surface area contributed by atoms with Crippen LogP contribution >= 0.6 is 35.6 Å². The molecule has 0 unspecified atom stereocenters. The summed E-state index contributed by atoms with van der Waals surface area (Å²) < 4.78 is 2.17. The summed E-state index contributed by atoms with van der Waals surface area (Å²) in [7, 11) is 0. The molecule has 0 saturated carbocycles. The minimum Gasteiger partial charge on any atom is -0.307 e. The van der Waals surface area contributed by atoms with Crippen LogP contribution in [0.5, 0.6) is 0 Å². The highest BCUT2D eigenvalue weighted by Gasteiger charge is 2.22. The zero-order valence-corrected chi connectivity index (χ0v) is 10.7. The lowest BCUT2D eigenvalue weighted by atomic mass is 10.3. The molecule has 84 valence electrons. The zero-order chi connectivity index (χ0) is 11.7. The van der Waals surface area contributed by atoms with E-state index in [1.807, 2.05) is 6.92 Å². The summed E-state index contributed by atoms with van der Waals surface area (Å²) in [5.74, 6) is -0.197. The molecule has 2 heterocycles. The van der Waals surface area contributed by atoms with Gasteiger partial charge in [-0.3, -0.25) is 9.48 Å². The summed E-state index contributed by atoms with van der Waals surface area (Å²) in [6.07, 6.45) is 3.37. The Morgan fingerprint density at radius 2 is 2.50 bits per heavy atom. The molecule has 4 nitrogen and oxygen atoms in total. The van der Waals surface area contributed by atoms with Crippen LogP contribution in [-0.4, -0.2) is 20.0 Å². The highest BCUT2D eigenvalue weighted by Crippen LogP contribution is 2.27. The first-order valence-electron chi connectivity index (χ1n) is 4.58. The average Bonchev–Trinajstić information content (AvgIpc) is 2.72. The predicted octanol–water partition coefficient (Wildman–Crippen LogP) is 2.05. The SMILES string of the molecule is CCn1cc(Cl)c(C=C2SC(=S)NC2=O)n1. The maximum Gasteiger partial charge on any atom is 0.263 e. The number of nitrogens with zero attached hydrogens (tertiary/aromatic N) is 2. The van der Waals surface area contributed by atoms with Crippen LogP contribution in [0.25, 0.3) is 6.08 Å². The van der Waals surface area contributed by atoms with Crippen molar-refractivity contribution in [3.8, 4) is 0 Å². The third-order valence-corrected chi connectivity index (χ3v) is 3.43. The average molecular weight is 274 g/mol. The number of halogens is 1. The van der Waals surface area contributed by atoms with E-state index in [-0.39, 0.29) is 5.91 Å². The molecule has 1 aromatic heterocycles. The summed E-state index contributed by atoms with van der Waals surface area (Å²) in [4.78, 5) is 11.9. The summed E-state index contributed by atoms with van der Waals surface area (Å²) in [6.45, 7) is 2.70. The molecule has 0 radical (unpaired) electrons. The molecule has 0 aliphatic carbocycles. The van der Waals surface area contributed by atoms with E-state index in [4.69, 9.17) is 23.8 Å².